The average molecular weight is 472 g/mol. The van der Waals surface area contributed by atoms with Gasteiger partial charge < -0.3 is 15.0 Å². The van der Waals surface area contributed by atoms with Crippen molar-refractivity contribution in [1.82, 2.24) is 20.0 Å². The number of carbonyl (C=O) groups excluding carboxylic acids is 5. The SMILES string of the molecule is COC(=O)CCN1CCN(CCNc2cccc3c2C(=O)N(C2CCC(=O)NC2=O)C3=O)CC1. The molecule has 0 saturated carbocycles. The van der Waals surface area contributed by atoms with Crippen LogP contribution in [0.15, 0.2) is 18.2 Å². The minimum atomic E-state index is -0.978. The zero-order chi connectivity index (χ0) is 24.2. The van der Waals surface area contributed by atoms with E-state index in [0.717, 1.165) is 37.6 Å². The normalized spacial score (nSPS) is 21.4. The number of anilines is 1. The third-order valence-electron chi connectivity index (χ3n) is 6.54. The number of fused-ring (bicyclic) bond motifs is 1. The Morgan fingerprint density at radius 1 is 1.06 bits per heavy atom. The highest BCUT2D eigenvalue weighted by molar-refractivity contribution is 6.25. The average Bonchev–Trinajstić information content (AvgIpc) is 3.09. The highest BCUT2D eigenvalue weighted by Gasteiger charge is 2.45. The first kappa shape index (κ1) is 23.8. The highest BCUT2D eigenvalue weighted by atomic mass is 16.5. The van der Waals surface area contributed by atoms with Crippen LogP contribution in [0.2, 0.25) is 0 Å². The molecule has 2 saturated heterocycles. The number of hydrogen-bond donors (Lipinski definition) is 2. The number of imide groups is 2. The van der Waals surface area contributed by atoms with Crippen molar-refractivity contribution in [3.05, 3.63) is 29.3 Å². The molecule has 0 spiro atoms. The van der Waals surface area contributed by atoms with Gasteiger partial charge in [-0.25, -0.2) is 0 Å². The van der Waals surface area contributed by atoms with Crippen molar-refractivity contribution < 1.29 is 28.7 Å². The fraction of sp³-hybridized carbons (Fsp3) is 0.522. The van der Waals surface area contributed by atoms with Gasteiger partial charge in [0.05, 0.1) is 24.7 Å². The first-order chi connectivity index (χ1) is 16.4. The topological polar surface area (TPSA) is 128 Å². The first-order valence-electron chi connectivity index (χ1n) is 11.5. The molecule has 11 heteroatoms. The van der Waals surface area contributed by atoms with E-state index in [1.54, 1.807) is 18.2 Å². The Balaban J connectivity index is 1.32. The molecular formula is C23H29N5O6. The summed E-state index contributed by atoms with van der Waals surface area (Å²) in [6.07, 6.45) is 0.606. The minimum Gasteiger partial charge on any atom is -0.469 e. The molecule has 3 aliphatic heterocycles. The van der Waals surface area contributed by atoms with Crippen LogP contribution in [-0.2, 0) is 19.1 Å². The van der Waals surface area contributed by atoms with Gasteiger partial charge in [-0.15, -0.1) is 0 Å². The lowest BCUT2D eigenvalue weighted by Gasteiger charge is -2.34. The molecule has 4 rings (SSSR count). The van der Waals surface area contributed by atoms with Crippen molar-refractivity contribution >= 4 is 35.3 Å². The van der Waals surface area contributed by atoms with E-state index in [0.29, 0.717) is 25.2 Å². The summed E-state index contributed by atoms with van der Waals surface area (Å²) in [5, 5.41) is 5.48. The van der Waals surface area contributed by atoms with Crippen LogP contribution < -0.4 is 10.6 Å². The lowest BCUT2D eigenvalue weighted by Crippen LogP contribution is -2.54. The van der Waals surface area contributed by atoms with Crippen LogP contribution in [0, 0.1) is 0 Å². The number of benzene rings is 1. The van der Waals surface area contributed by atoms with Gasteiger partial charge in [-0.1, -0.05) is 6.07 Å². The molecule has 3 aliphatic rings. The molecule has 34 heavy (non-hydrogen) atoms. The van der Waals surface area contributed by atoms with Crippen LogP contribution in [0.1, 0.15) is 40.0 Å². The first-order valence-corrected chi connectivity index (χ1v) is 11.5. The van der Waals surface area contributed by atoms with Crippen LogP contribution in [0.3, 0.4) is 0 Å². The molecule has 3 heterocycles. The van der Waals surface area contributed by atoms with Gasteiger partial charge >= 0.3 is 5.97 Å². The highest BCUT2D eigenvalue weighted by Crippen LogP contribution is 2.32. The number of methoxy groups -OCH3 is 1. The van der Waals surface area contributed by atoms with Crippen molar-refractivity contribution in [2.45, 2.75) is 25.3 Å². The summed E-state index contributed by atoms with van der Waals surface area (Å²) in [4.78, 5) is 66.6. The minimum absolute atomic E-state index is 0.0882. The maximum absolute atomic E-state index is 13.1. The molecule has 1 aromatic rings. The Morgan fingerprint density at radius 2 is 1.76 bits per heavy atom. The van der Waals surface area contributed by atoms with Crippen molar-refractivity contribution in [1.29, 1.82) is 0 Å². The summed E-state index contributed by atoms with van der Waals surface area (Å²) >= 11 is 0. The van der Waals surface area contributed by atoms with Gasteiger partial charge in [-0.2, -0.15) is 0 Å². The largest absolute Gasteiger partial charge is 0.469 e. The summed E-state index contributed by atoms with van der Waals surface area (Å²) in [6.45, 7) is 5.50. The molecule has 1 aromatic carbocycles. The van der Waals surface area contributed by atoms with Gasteiger partial charge in [0.1, 0.15) is 6.04 Å². The molecule has 1 unspecified atom stereocenters. The number of piperidine rings is 1. The van der Waals surface area contributed by atoms with E-state index >= 15 is 0 Å². The van der Waals surface area contributed by atoms with Crippen molar-refractivity contribution in [3.8, 4) is 0 Å². The van der Waals surface area contributed by atoms with Crippen molar-refractivity contribution in [2.24, 2.45) is 0 Å². The van der Waals surface area contributed by atoms with E-state index in [4.69, 9.17) is 0 Å². The predicted molar refractivity (Wildman–Crippen MR) is 121 cm³/mol. The fourth-order valence-electron chi connectivity index (χ4n) is 4.60. The number of nitrogens with zero attached hydrogens (tertiary/aromatic N) is 3. The number of hydrogen-bond acceptors (Lipinski definition) is 9. The monoisotopic (exact) mass is 471 g/mol. The number of esters is 1. The number of nitrogens with one attached hydrogen (secondary N) is 2. The van der Waals surface area contributed by atoms with Crippen LogP contribution in [-0.4, -0.2) is 103 Å². The second kappa shape index (κ2) is 10.3. The van der Waals surface area contributed by atoms with E-state index in [1.165, 1.54) is 7.11 Å². The van der Waals surface area contributed by atoms with Gasteiger partial charge in [0.25, 0.3) is 11.8 Å². The van der Waals surface area contributed by atoms with Crippen LogP contribution in [0.25, 0.3) is 0 Å². The van der Waals surface area contributed by atoms with E-state index < -0.39 is 29.7 Å². The summed E-state index contributed by atoms with van der Waals surface area (Å²) in [5.41, 5.74) is 1.09. The Hall–Kier alpha value is -3.31. The Labute approximate surface area is 197 Å². The number of piperazine rings is 1. The standard InChI is InChI=1S/C23H29N5O6/c1-34-19(30)7-9-26-11-13-27(14-12-26)10-8-24-16-4-2-3-15-20(16)23(33)28(22(15)32)17-5-6-18(29)25-21(17)31/h2-4,17,24H,5-14H2,1H3,(H,25,29,31). The predicted octanol–water partition coefficient (Wildman–Crippen LogP) is -0.320. The van der Waals surface area contributed by atoms with Gasteiger partial charge in [-0.05, 0) is 18.6 Å². The number of ether oxygens (including phenoxy) is 1. The van der Waals surface area contributed by atoms with E-state index in [9.17, 15) is 24.0 Å². The third kappa shape index (κ3) is 4.95. The number of rotatable bonds is 8. The molecule has 0 radical (unpaired) electrons. The maximum Gasteiger partial charge on any atom is 0.306 e. The zero-order valence-corrected chi connectivity index (χ0v) is 19.2. The smallest absolute Gasteiger partial charge is 0.306 e. The van der Waals surface area contributed by atoms with Crippen LogP contribution in [0.5, 0.6) is 0 Å². The second-order valence-electron chi connectivity index (χ2n) is 8.61. The summed E-state index contributed by atoms with van der Waals surface area (Å²) in [6, 6.07) is 4.07. The van der Waals surface area contributed by atoms with Crippen LogP contribution in [0.4, 0.5) is 5.69 Å². The van der Waals surface area contributed by atoms with E-state index in [-0.39, 0.29) is 29.9 Å². The Morgan fingerprint density at radius 3 is 2.44 bits per heavy atom. The lowest BCUT2D eigenvalue weighted by molar-refractivity contribution is -0.141. The van der Waals surface area contributed by atoms with Gasteiger partial charge in [0.15, 0.2) is 0 Å². The molecule has 2 fully saturated rings. The number of carbonyl (C=O) groups is 5. The molecular weight excluding hydrogens is 442 g/mol. The van der Waals surface area contributed by atoms with Crippen molar-refractivity contribution in [2.75, 3.05) is 58.2 Å². The molecule has 0 bridgehead atoms. The second-order valence-corrected chi connectivity index (χ2v) is 8.61. The molecule has 4 amide bonds. The van der Waals surface area contributed by atoms with Gasteiger partial charge in [0.2, 0.25) is 11.8 Å². The molecule has 182 valence electrons. The maximum atomic E-state index is 13.1. The van der Waals surface area contributed by atoms with Gasteiger partial charge in [-0.3, -0.25) is 39.1 Å². The third-order valence-corrected chi connectivity index (χ3v) is 6.54. The Bertz CT molecular complexity index is 1000. The van der Waals surface area contributed by atoms with Gasteiger partial charge in [0, 0.05) is 57.9 Å². The van der Waals surface area contributed by atoms with E-state index in [1.807, 2.05) is 0 Å². The lowest BCUT2D eigenvalue weighted by atomic mass is 10.0. The van der Waals surface area contributed by atoms with E-state index in [2.05, 4.69) is 25.2 Å². The van der Waals surface area contributed by atoms with Crippen LogP contribution >= 0.6 is 0 Å². The molecule has 11 nitrogen and oxygen atoms in total. The fourth-order valence-corrected chi connectivity index (χ4v) is 4.60. The molecule has 0 aromatic heterocycles. The summed E-state index contributed by atoms with van der Waals surface area (Å²) in [5.74, 6) is -2.25. The molecule has 2 N–H and O–H groups in total. The number of amides is 4. The zero-order valence-electron chi connectivity index (χ0n) is 19.2. The van der Waals surface area contributed by atoms with Crippen molar-refractivity contribution in [3.63, 3.8) is 0 Å². The molecule has 0 aliphatic carbocycles. The Kier molecular flexibility index (Phi) is 7.23. The molecule has 1 atom stereocenters. The summed E-state index contributed by atoms with van der Waals surface area (Å²) < 4.78 is 4.69. The quantitative estimate of drug-likeness (QED) is 0.387. The summed E-state index contributed by atoms with van der Waals surface area (Å²) in [7, 11) is 1.39.